The number of hydrogen-bond donors (Lipinski definition) is 0. The smallest absolute Gasteiger partial charge is 0.233 e. The summed E-state index contributed by atoms with van der Waals surface area (Å²) in [5.74, 6) is 1.24. The molecular formula is C20H27N5O3S2. The van der Waals surface area contributed by atoms with Crippen molar-refractivity contribution < 1.29 is 13.2 Å². The lowest BCUT2D eigenvalue weighted by Gasteiger charge is -2.28. The minimum atomic E-state index is -3.04. The fourth-order valence-corrected chi connectivity index (χ4v) is 6.42. The third-order valence-corrected chi connectivity index (χ3v) is 8.22. The molecule has 1 saturated carbocycles. The van der Waals surface area contributed by atoms with Gasteiger partial charge < -0.3 is 4.90 Å². The Kier molecular flexibility index (Phi) is 6.43. The third kappa shape index (κ3) is 4.85. The zero-order valence-corrected chi connectivity index (χ0v) is 18.7. The van der Waals surface area contributed by atoms with Crippen LogP contribution in [0.1, 0.15) is 45.1 Å². The van der Waals surface area contributed by atoms with Crippen LogP contribution in [-0.2, 0) is 14.6 Å². The first kappa shape index (κ1) is 21.3. The Hall–Kier alpha value is -1.94. The Morgan fingerprint density at radius 1 is 1.30 bits per heavy atom. The van der Waals surface area contributed by atoms with E-state index in [-0.39, 0.29) is 29.2 Å². The lowest BCUT2D eigenvalue weighted by molar-refractivity contribution is -0.130. The van der Waals surface area contributed by atoms with Crippen LogP contribution in [0.5, 0.6) is 0 Å². The van der Waals surface area contributed by atoms with Crippen molar-refractivity contribution in [3.05, 3.63) is 24.5 Å². The van der Waals surface area contributed by atoms with Crippen LogP contribution < -0.4 is 0 Å². The first-order valence-electron chi connectivity index (χ1n) is 10.5. The lowest BCUT2D eigenvalue weighted by atomic mass is 10.2. The maximum absolute atomic E-state index is 13.0. The number of rotatable bonds is 9. The summed E-state index contributed by atoms with van der Waals surface area (Å²) >= 11 is 1.39. The monoisotopic (exact) mass is 449 g/mol. The van der Waals surface area contributed by atoms with Crippen molar-refractivity contribution in [3.63, 3.8) is 0 Å². The topological polar surface area (TPSA) is 98.1 Å². The molecule has 3 heterocycles. The van der Waals surface area contributed by atoms with E-state index < -0.39 is 9.84 Å². The van der Waals surface area contributed by atoms with Crippen LogP contribution in [0, 0.1) is 0 Å². The summed E-state index contributed by atoms with van der Waals surface area (Å²) < 4.78 is 25.9. The first-order chi connectivity index (χ1) is 14.5. The highest BCUT2D eigenvalue weighted by molar-refractivity contribution is 7.99. The van der Waals surface area contributed by atoms with Crippen LogP contribution in [0.3, 0.4) is 0 Å². The Morgan fingerprint density at radius 2 is 2.13 bits per heavy atom. The number of nitrogens with zero attached hydrogens (tertiary/aromatic N) is 5. The number of aromatic nitrogens is 4. The molecule has 30 heavy (non-hydrogen) atoms. The van der Waals surface area contributed by atoms with E-state index in [1.54, 1.807) is 17.3 Å². The molecule has 1 saturated heterocycles. The molecule has 1 amide bonds. The number of thioether (sulfide) groups is 1. The molecule has 2 fully saturated rings. The van der Waals surface area contributed by atoms with E-state index in [1.165, 1.54) is 11.8 Å². The van der Waals surface area contributed by atoms with Crippen LogP contribution in [0.2, 0.25) is 0 Å². The SMILES string of the molecule is CCCCN(C(=O)CSc1nnc(-c2cccnc2)n1C1CC1)C1CCS(=O)(=O)C1. The molecule has 162 valence electrons. The lowest BCUT2D eigenvalue weighted by Crippen LogP contribution is -2.42. The van der Waals surface area contributed by atoms with Gasteiger partial charge >= 0.3 is 0 Å². The van der Waals surface area contributed by atoms with Gasteiger partial charge in [0.15, 0.2) is 20.8 Å². The molecule has 1 unspecified atom stereocenters. The van der Waals surface area contributed by atoms with Crippen molar-refractivity contribution >= 4 is 27.5 Å². The summed E-state index contributed by atoms with van der Waals surface area (Å²) in [5.41, 5.74) is 0.913. The molecular weight excluding hydrogens is 422 g/mol. The number of carbonyl (C=O) groups is 1. The molecule has 2 aromatic rings. The van der Waals surface area contributed by atoms with E-state index in [2.05, 4.69) is 26.7 Å². The minimum absolute atomic E-state index is 0.0242. The summed E-state index contributed by atoms with van der Waals surface area (Å²) in [6.45, 7) is 2.67. The van der Waals surface area contributed by atoms with Crippen molar-refractivity contribution in [1.82, 2.24) is 24.6 Å². The van der Waals surface area contributed by atoms with Gasteiger partial charge in [-0.2, -0.15) is 0 Å². The van der Waals surface area contributed by atoms with Gasteiger partial charge in [0.2, 0.25) is 5.91 Å². The molecule has 10 heteroatoms. The van der Waals surface area contributed by atoms with Crippen LogP contribution in [0.15, 0.2) is 29.7 Å². The van der Waals surface area contributed by atoms with Gasteiger partial charge in [-0.05, 0) is 37.8 Å². The summed E-state index contributed by atoms with van der Waals surface area (Å²) in [4.78, 5) is 19.0. The zero-order chi connectivity index (χ0) is 21.1. The van der Waals surface area contributed by atoms with E-state index in [4.69, 9.17) is 0 Å². The Balaban J connectivity index is 1.48. The molecule has 1 aliphatic carbocycles. The molecule has 8 nitrogen and oxygen atoms in total. The van der Waals surface area contributed by atoms with Crippen LogP contribution >= 0.6 is 11.8 Å². The molecule has 0 bridgehead atoms. The van der Waals surface area contributed by atoms with E-state index >= 15 is 0 Å². The van der Waals surface area contributed by atoms with Gasteiger partial charge in [-0.15, -0.1) is 10.2 Å². The highest BCUT2D eigenvalue weighted by atomic mass is 32.2. The molecule has 1 aliphatic heterocycles. The third-order valence-electron chi connectivity index (χ3n) is 5.54. The summed E-state index contributed by atoms with van der Waals surface area (Å²) in [6.07, 6.45) is 8.02. The van der Waals surface area contributed by atoms with Crippen molar-refractivity contribution in [2.24, 2.45) is 0 Å². The van der Waals surface area contributed by atoms with Gasteiger partial charge in [-0.1, -0.05) is 25.1 Å². The van der Waals surface area contributed by atoms with Gasteiger partial charge in [0, 0.05) is 36.6 Å². The van der Waals surface area contributed by atoms with Crippen molar-refractivity contribution in [2.45, 2.75) is 56.3 Å². The second-order valence-corrected chi connectivity index (χ2v) is 11.1. The van der Waals surface area contributed by atoms with Crippen LogP contribution in [-0.4, -0.2) is 68.8 Å². The van der Waals surface area contributed by atoms with Gasteiger partial charge in [0.05, 0.1) is 17.3 Å². The van der Waals surface area contributed by atoms with E-state index in [0.717, 1.165) is 42.2 Å². The predicted molar refractivity (Wildman–Crippen MR) is 116 cm³/mol. The summed E-state index contributed by atoms with van der Waals surface area (Å²) in [7, 11) is -3.04. The molecule has 0 spiro atoms. The number of sulfone groups is 1. The number of pyridine rings is 1. The molecule has 1 atom stereocenters. The summed E-state index contributed by atoms with van der Waals surface area (Å²) in [6, 6.07) is 3.99. The van der Waals surface area contributed by atoms with Gasteiger partial charge in [0.1, 0.15) is 0 Å². The average Bonchev–Trinajstić information content (AvgIpc) is 3.39. The highest BCUT2D eigenvalue weighted by Crippen LogP contribution is 2.41. The first-order valence-corrected chi connectivity index (χ1v) is 13.3. The number of amides is 1. The number of hydrogen-bond acceptors (Lipinski definition) is 7. The van der Waals surface area contributed by atoms with E-state index in [9.17, 15) is 13.2 Å². The Morgan fingerprint density at radius 3 is 2.77 bits per heavy atom. The van der Waals surface area contributed by atoms with E-state index in [1.807, 2.05) is 12.1 Å². The average molecular weight is 450 g/mol. The van der Waals surface area contributed by atoms with Crippen molar-refractivity contribution in [3.8, 4) is 11.4 Å². The van der Waals surface area contributed by atoms with Crippen molar-refractivity contribution in [1.29, 1.82) is 0 Å². The molecule has 4 rings (SSSR count). The molecule has 0 radical (unpaired) electrons. The molecule has 2 aliphatic rings. The minimum Gasteiger partial charge on any atom is -0.338 e. The maximum atomic E-state index is 13.0. The molecule has 0 aromatic carbocycles. The fourth-order valence-electron chi connectivity index (χ4n) is 3.80. The van der Waals surface area contributed by atoms with Crippen LogP contribution in [0.25, 0.3) is 11.4 Å². The van der Waals surface area contributed by atoms with Crippen molar-refractivity contribution in [2.75, 3.05) is 23.8 Å². The Labute approximate surface area is 181 Å². The summed E-state index contributed by atoms with van der Waals surface area (Å²) in [5, 5.41) is 9.45. The molecule has 2 aromatic heterocycles. The van der Waals surface area contributed by atoms with E-state index in [0.29, 0.717) is 19.0 Å². The second kappa shape index (κ2) is 9.05. The number of carbonyl (C=O) groups excluding carboxylic acids is 1. The molecule has 0 N–H and O–H groups in total. The van der Waals surface area contributed by atoms with Gasteiger partial charge in [0.25, 0.3) is 0 Å². The highest BCUT2D eigenvalue weighted by Gasteiger charge is 2.35. The number of unbranched alkanes of at least 4 members (excludes halogenated alkanes) is 1. The maximum Gasteiger partial charge on any atom is 0.233 e. The largest absolute Gasteiger partial charge is 0.338 e. The second-order valence-electron chi connectivity index (χ2n) is 7.94. The Bertz CT molecular complexity index is 989. The standard InChI is InChI=1S/C20H27N5O3S2/c1-2-3-10-24(17-8-11-30(27,28)14-17)18(26)13-29-20-23-22-19(25(20)16-6-7-16)15-5-4-9-21-12-15/h4-5,9,12,16-17H,2-3,6-8,10-11,13-14H2,1H3. The van der Waals surface area contributed by atoms with Gasteiger partial charge in [-0.3, -0.25) is 14.3 Å². The van der Waals surface area contributed by atoms with Gasteiger partial charge in [-0.25, -0.2) is 8.42 Å². The normalized spacial score (nSPS) is 20.4. The predicted octanol–water partition coefficient (Wildman–Crippen LogP) is 2.58. The quantitative estimate of drug-likeness (QED) is 0.543. The fraction of sp³-hybridized carbons (Fsp3) is 0.600. The van der Waals surface area contributed by atoms with Crippen LogP contribution in [0.4, 0.5) is 0 Å². The zero-order valence-electron chi connectivity index (χ0n) is 17.1.